The minimum Gasteiger partial charge on any atom is -0.483 e. The van der Waals surface area contributed by atoms with Crippen LogP contribution in [0.2, 0.25) is 5.02 Å². The number of rotatable bonds is 6. The van der Waals surface area contributed by atoms with Crippen LogP contribution in [0, 0.1) is 0 Å². The van der Waals surface area contributed by atoms with Gasteiger partial charge in [-0.15, -0.1) is 0 Å². The molecule has 2 aromatic rings. The molecule has 0 spiro atoms. The third-order valence-electron chi connectivity index (χ3n) is 3.03. The van der Waals surface area contributed by atoms with Crippen LogP contribution in [-0.2, 0) is 9.53 Å². The van der Waals surface area contributed by atoms with Crippen molar-refractivity contribution >= 4 is 34.3 Å². The van der Waals surface area contributed by atoms with Gasteiger partial charge in [-0.1, -0.05) is 35.9 Å². The lowest BCUT2D eigenvalue weighted by atomic mass is 10.1. The second-order valence-electron chi connectivity index (χ2n) is 4.68. The number of benzene rings is 2. The van der Waals surface area contributed by atoms with Crippen LogP contribution in [0.15, 0.2) is 36.4 Å². The summed E-state index contributed by atoms with van der Waals surface area (Å²) in [4.78, 5) is 23.1. The molecule has 6 nitrogen and oxygen atoms in total. The topological polar surface area (TPSA) is 76.7 Å². The molecule has 3 amide bonds. The van der Waals surface area contributed by atoms with E-state index in [0.717, 1.165) is 10.8 Å². The highest BCUT2D eigenvalue weighted by Gasteiger charge is 2.10. The minimum absolute atomic E-state index is 0.274. The first kappa shape index (κ1) is 17.1. The van der Waals surface area contributed by atoms with Crippen LogP contribution >= 0.6 is 11.6 Å². The van der Waals surface area contributed by atoms with Crippen molar-refractivity contribution in [2.45, 2.75) is 0 Å². The summed E-state index contributed by atoms with van der Waals surface area (Å²) < 4.78 is 10.3. The zero-order valence-corrected chi connectivity index (χ0v) is 13.4. The van der Waals surface area contributed by atoms with Crippen LogP contribution in [0.1, 0.15) is 0 Å². The monoisotopic (exact) mass is 336 g/mol. The first-order valence-corrected chi connectivity index (χ1v) is 7.36. The molecule has 2 rings (SSSR count). The van der Waals surface area contributed by atoms with Gasteiger partial charge in [-0.2, -0.15) is 0 Å². The van der Waals surface area contributed by atoms with Gasteiger partial charge < -0.3 is 14.8 Å². The number of methoxy groups -OCH3 is 1. The molecule has 0 aliphatic carbocycles. The fourth-order valence-corrected chi connectivity index (χ4v) is 2.21. The van der Waals surface area contributed by atoms with Crippen molar-refractivity contribution in [3.05, 3.63) is 41.4 Å². The van der Waals surface area contributed by atoms with Gasteiger partial charge in [0.05, 0.1) is 6.61 Å². The number of hydrogen-bond donors (Lipinski definition) is 2. The molecule has 0 aromatic heterocycles. The zero-order chi connectivity index (χ0) is 16.7. The smallest absolute Gasteiger partial charge is 0.321 e. The number of amides is 3. The van der Waals surface area contributed by atoms with E-state index in [-0.39, 0.29) is 6.61 Å². The van der Waals surface area contributed by atoms with Crippen molar-refractivity contribution in [3.8, 4) is 5.75 Å². The maximum absolute atomic E-state index is 11.7. The predicted octanol–water partition coefficient (Wildman–Crippen LogP) is 2.34. The summed E-state index contributed by atoms with van der Waals surface area (Å²) in [6, 6.07) is 10.3. The Labute approximate surface area is 138 Å². The number of nitrogens with one attached hydrogen (secondary N) is 2. The van der Waals surface area contributed by atoms with Crippen molar-refractivity contribution in [1.29, 1.82) is 0 Å². The molecule has 0 aliphatic rings. The zero-order valence-electron chi connectivity index (χ0n) is 12.6. The Morgan fingerprint density at radius 3 is 2.61 bits per heavy atom. The molecule has 23 heavy (non-hydrogen) atoms. The van der Waals surface area contributed by atoms with Crippen molar-refractivity contribution in [1.82, 2.24) is 10.6 Å². The molecule has 0 heterocycles. The molecular weight excluding hydrogens is 320 g/mol. The normalized spacial score (nSPS) is 10.3. The first-order valence-electron chi connectivity index (χ1n) is 6.98. The molecule has 2 aromatic carbocycles. The van der Waals surface area contributed by atoms with E-state index in [0.29, 0.717) is 23.9 Å². The van der Waals surface area contributed by atoms with Crippen LogP contribution in [-0.4, -0.2) is 38.8 Å². The lowest BCUT2D eigenvalue weighted by molar-refractivity contribution is -0.121. The first-order chi connectivity index (χ1) is 11.1. The summed E-state index contributed by atoms with van der Waals surface area (Å²) >= 11 is 6.12. The molecule has 122 valence electrons. The quantitative estimate of drug-likeness (QED) is 0.794. The third kappa shape index (κ3) is 4.84. The third-order valence-corrected chi connectivity index (χ3v) is 3.36. The van der Waals surface area contributed by atoms with Crippen LogP contribution < -0.4 is 15.4 Å². The molecule has 7 heteroatoms. The Morgan fingerprint density at radius 2 is 1.87 bits per heavy atom. The lowest BCUT2D eigenvalue weighted by Crippen LogP contribution is -2.42. The van der Waals surface area contributed by atoms with Gasteiger partial charge in [0.15, 0.2) is 6.61 Å². The van der Waals surface area contributed by atoms with Gasteiger partial charge in [0.2, 0.25) is 0 Å². The molecule has 0 atom stereocenters. The van der Waals surface area contributed by atoms with Crippen LogP contribution in [0.25, 0.3) is 10.8 Å². The Kier molecular flexibility index (Phi) is 6.19. The molecule has 0 aliphatic heterocycles. The fourth-order valence-electron chi connectivity index (χ4n) is 1.98. The van der Waals surface area contributed by atoms with Crippen LogP contribution in [0.4, 0.5) is 4.79 Å². The van der Waals surface area contributed by atoms with E-state index in [2.05, 4.69) is 10.6 Å². The number of ether oxygens (including phenoxy) is 2. The molecule has 0 saturated heterocycles. The van der Waals surface area contributed by atoms with E-state index in [1.54, 1.807) is 12.1 Å². The van der Waals surface area contributed by atoms with E-state index in [1.807, 2.05) is 24.3 Å². The largest absolute Gasteiger partial charge is 0.483 e. The molecule has 0 saturated carbocycles. The second kappa shape index (κ2) is 8.36. The molecular formula is C16H17ClN2O4. The predicted molar refractivity (Wildman–Crippen MR) is 87.9 cm³/mol. The van der Waals surface area contributed by atoms with Crippen molar-refractivity contribution in [2.24, 2.45) is 0 Å². The summed E-state index contributed by atoms with van der Waals surface area (Å²) in [6.45, 7) is 0.413. The fraction of sp³-hybridized carbons (Fsp3) is 0.250. The standard InChI is InChI=1S/C16H17ClN2O4/c1-22-9-8-18-16(21)19-15(20)10-23-14-7-6-13(17)11-4-2-3-5-12(11)14/h2-7H,8-10H2,1H3,(H2,18,19,20,21). The van der Waals surface area contributed by atoms with Crippen molar-refractivity contribution in [2.75, 3.05) is 26.9 Å². The Bertz CT molecular complexity index is 706. The maximum Gasteiger partial charge on any atom is 0.321 e. The van der Waals surface area contributed by atoms with Crippen LogP contribution in [0.3, 0.4) is 0 Å². The van der Waals surface area contributed by atoms with Gasteiger partial charge in [0.25, 0.3) is 5.91 Å². The molecule has 0 bridgehead atoms. The number of imide groups is 1. The number of halogens is 1. The van der Waals surface area contributed by atoms with Gasteiger partial charge in [-0.25, -0.2) is 4.79 Å². The number of hydrogen-bond acceptors (Lipinski definition) is 4. The summed E-state index contributed by atoms with van der Waals surface area (Å²) in [5.74, 6) is -0.0149. The van der Waals surface area contributed by atoms with E-state index >= 15 is 0 Å². The highest BCUT2D eigenvalue weighted by molar-refractivity contribution is 6.35. The second-order valence-corrected chi connectivity index (χ2v) is 5.08. The number of urea groups is 1. The Morgan fingerprint density at radius 1 is 1.13 bits per heavy atom. The Balaban J connectivity index is 1.92. The highest BCUT2D eigenvalue weighted by Crippen LogP contribution is 2.31. The van der Waals surface area contributed by atoms with Gasteiger partial charge in [-0.3, -0.25) is 10.1 Å². The summed E-state index contributed by atoms with van der Waals surface area (Å²) in [6.07, 6.45) is 0. The van der Waals surface area contributed by atoms with Gasteiger partial charge in [0, 0.05) is 29.4 Å². The molecule has 2 N–H and O–H groups in total. The summed E-state index contributed by atoms with van der Waals surface area (Å²) in [7, 11) is 1.52. The van der Waals surface area contributed by atoms with E-state index < -0.39 is 11.9 Å². The van der Waals surface area contributed by atoms with Crippen molar-refractivity contribution in [3.63, 3.8) is 0 Å². The average Bonchev–Trinajstić information content (AvgIpc) is 2.55. The number of carbonyl (C=O) groups is 2. The summed E-state index contributed by atoms with van der Waals surface area (Å²) in [5.41, 5.74) is 0. The van der Waals surface area contributed by atoms with E-state index in [9.17, 15) is 9.59 Å². The maximum atomic E-state index is 11.7. The average molecular weight is 337 g/mol. The van der Waals surface area contributed by atoms with Crippen molar-refractivity contribution < 1.29 is 19.1 Å². The Hall–Kier alpha value is -2.31. The van der Waals surface area contributed by atoms with Gasteiger partial charge in [-0.05, 0) is 12.1 Å². The molecule has 0 fully saturated rings. The highest BCUT2D eigenvalue weighted by atomic mass is 35.5. The lowest BCUT2D eigenvalue weighted by Gasteiger charge is -2.10. The van der Waals surface area contributed by atoms with E-state index in [1.165, 1.54) is 7.11 Å². The number of carbonyl (C=O) groups excluding carboxylic acids is 2. The van der Waals surface area contributed by atoms with Gasteiger partial charge in [0.1, 0.15) is 5.75 Å². The SMILES string of the molecule is COCCNC(=O)NC(=O)COc1ccc(Cl)c2ccccc12. The molecule has 0 radical (unpaired) electrons. The van der Waals surface area contributed by atoms with E-state index in [4.69, 9.17) is 21.1 Å². The minimum atomic E-state index is -0.586. The van der Waals surface area contributed by atoms with Gasteiger partial charge >= 0.3 is 6.03 Å². The molecule has 0 unspecified atom stereocenters. The summed E-state index contributed by atoms with van der Waals surface area (Å²) in [5, 5.41) is 6.90. The van der Waals surface area contributed by atoms with Crippen LogP contribution in [0.5, 0.6) is 5.75 Å². The number of fused-ring (bicyclic) bond motifs is 1.